The summed E-state index contributed by atoms with van der Waals surface area (Å²) in [4.78, 5) is 0. The van der Waals surface area contributed by atoms with Crippen LogP contribution in [0.1, 0.15) is 24.5 Å². The van der Waals surface area contributed by atoms with Gasteiger partial charge in [-0.3, -0.25) is 0 Å². The highest BCUT2D eigenvalue weighted by atomic mass is 35.5. The van der Waals surface area contributed by atoms with Crippen molar-refractivity contribution in [2.24, 2.45) is 0 Å². The van der Waals surface area contributed by atoms with Gasteiger partial charge in [0.25, 0.3) is 0 Å². The molecule has 0 saturated heterocycles. The lowest BCUT2D eigenvalue weighted by Crippen LogP contribution is -2.10. The van der Waals surface area contributed by atoms with Crippen LogP contribution in [0.3, 0.4) is 0 Å². The van der Waals surface area contributed by atoms with Crippen LogP contribution in [-0.4, -0.2) is 17.8 Å². The first-order valence-electron chi connectivity index (χ1n) is 7.04. The Kier molecular flexibility index (Phi) is 4.32. The number of hydrogen-bond donors (Lipinski definition) is 1. The zero-order valence-electron chi connectivity index (χ0n) is 11.5. The van der Waals surface area contributed by atoms with Crippen molar-refractivity contribution in [3.05, 3.63) is 59.1 Å². The van der Waals surface area contributed by atoms with Crippen LogP contribution in [0, 0.1) is 0 Å². The zero-order valence-corrected chi connectivity index (χ0v) is 12.3. The predicted octanol–water partition coefficient (Wildman–Crippen LogP) is 3.99. The molecule has 1 aliphatic carbocycles. The van der Waals surface area contributed by atoms with E-state index in [1.807, 2.05) is 24.3 Å². The lowest BCUT2D eigenvalue weighted by molar-refractivity contribution is 0.108. The predicted molar refractivity (Wildman–Crippen MR) is 82.0 cm³/mol. The molecule has 0 heterocycles. The van der Waals surface area contributed by atoms with Crippen LogP contribution < -0.4 is 9.47 Å². The summed E-state index contributed by atoms with van der Waals surface area (Å²) in [5.74, 6) is 1.49. The SMILES string of the molecule is OC(COc1ccc(Cl)cc1)c1cccc(OC2CC2)c1. The van der Waals surface area contributed by atoms with Crippen molar-refractivity contribution in [1.82, 2.24) is 0 Å². The molecule has 2 aromatic carbocycles. The molecule has 1 fully saturated rings. The van der Waals surface area contributed by atoms with Crippen molar-refractivity contribution in [3.63, 3.8) is 0 Å². The number of hydrogen-bond acceptors (Lipinski definition) is 3. The first-order valence-corrected chi connectivity index (χ1v) is 7.41. The van der Waals surface area contributed by atoms with Crippen molar-refractivity contribution < 1.29 is 14.6 Å². The van der Waals surface area contributed by atoms with Crippen molar-refractivity contribution in [2.75, 3.05) is 6.61 Å². The molecule has 110 valence electrons. The third-order valence-corrected chi connectivity index (χ3v) is 3.54. The van der Waals surface area contributed by atoms with Gasteiger partial charge in [-0.25, -0.2) is 0 Å². The third kappa shape index (κ3) is 4.13. The molecule has 3 nitrogen and oxygen atoms in total. The molecule has 0 radical (unpaired) electrons. The fourth-order valence-corrected chi connectivity index (χ4v) is 2.10. The summed E-state index contributed by atoms with van der Waals surface area (Å²) >= 11 is 5.82. The van der Waals surface area contributed by atoms with Gasteiger partial charge in [0.2, 0.25) is 0 Å². The van der Waals surface area contributed by atoms with E-state index in [1.54, 1.807) is 24.3 Å². The minimum atomic E-state index is -0.691. The Morgan fingerprint density at radius 1 is 1.10 bits per heavy atom. The van der Waals surface area contributed by atoms with E-state index in [-0.39, 0.29) is 6.61 Å². The maximum absolute atomic E-state index is 10.2. The Bertz CT molecular complexity index is 593. The van der Waals surface area contributed by atoms with Crippen LogP contribution in [0.15, 0.2) is 48.5 Å². The molecule has 1 aliphatic rings. The molecule has 0 aromatic heterocycles. The molecule has 1 N–H and O–H groups in total. The summed E-state index contributed by atoms with van der Waals surface area (Å²) in [6.45, 7) is 0.189. The summed E-state index contributed by atoms with van der Waals surface area (Å²) in [6.07, 6.45) is 1.89. The summed E-state index contributed by atoms with van der Waals surface area (Å²) in [7, 11) is 0. The molecule has 2 aromatic rings. The molecule has 1 atom stereocenters. The van der Waals surface area contributed by atoms with Crippen LogP contribution in [0.5, 0.6) is 11.5 Å². The van der Waals surface area contributed by atoms with Crippen LogP contribution in [-0.2, 0) is 0 Å². The second-order valence-corrected chi connectivity index (χ2v) is 5.61. The molecular formula is C17H17ClO3. The van der Waals surface area contributed by atoms with Gasteiger partial charge < -0.3 is 14.6 Å². The van der Waals surface area contributed by atoms with Crippen LogP contribution in [0.2, 0.25) is 5.02 Å². The Hall–Kier alpha value is -1.71. The van der Waals surface area contributed by atoms with Gasteiger partial charge in [-0.05, 0) is 54.8 Å². The Labute approximate surface area is 129 Å². The van der Waals surface area contributed by atoms with Crippen molar-refractivity contribution >= 4 is 11.6 Å². The van der Waals surface area contributed by atoms with Gasteiger partial charge in [-0.2, -0.15) is 0 Å². The second-order valence-electron chi connectivity index (χ2n) is 5.17. The van der Waals surface area contributed by atoms with Gasteiger partial charge >= 0.3 is 0 Å². The van der Waals surface area contributed by atoms with E-state index in [1.165, 1.54) is 0 Å². The normalized spacial score (nSPS) is 15.5. The third-order valence-electron chi connectivity index (χ3n) is 3.29. The van der Waals surface area contributed by atoms with Crippen LogP contribution in [0.4, 0.5) is 0 Å². The molecule has 1 unspecified atom stereocenters. The van der Waals surface area contributed by atoms with E-state index >= 15 is 0 Å². The van der Waals surface area contributed by atoms with E-state index in [9.17, 15) is 5.11 Å². The molecule has 0 aliphatic heterocycles. The average molecular weight is 305 g/mol. The van der Waals surface area contributed by atoms with E-state index in [4.69, 9.17) is 21.1 Å². The Morgan fingerprint density at radius 2 is 1.86 bits per heavy atom. The summed E-state index contributed by atoms with van der Waals surface area (Å²) in [6, 6.07) is 14.6. The molecule has 0 spiro atoms. The highest BCUT2D eigenvalue weighted by molar-refractivity contribution is 6.30. The molecule has 21 heavy (non-hydrogen) atoms. The summed E-state index contributed by atoms with van der Waals surface area (Å²) in [5.41, 5.74) is 0.794. The molecule has 0 bridgehead atoms. The molecule has 4 heteroatoms. The van der Waals surface area contributed by atoms with Gasteiger partial charge in [-0.1, -0.05) is 23.7 Å². The van der Waals surface area contributed by atoms with Gasteiger partial charge in [0.05, 0.1) is 6.10 Å². The quantitative estimate of drug-likeness (QED) is 0.877. The van der Waals surface area contributed by atoms with E-state index < -0.39 is 6.10 Å². The minimum absolute atomic E-state index is 0.189. The van der Waals surface area contributed by atoms with Crippen molar-refractivity contribution in [3.8, 4) is 11.5 Å². The van der Waals surface area contributed by atoms with E-state index in [2.05, 4.69) is 0 Å². The average Bonchev–Trinajstić information content (AvgIpc) is 3.30. The Balaban J connectivity index is 1.58. The summed E-state index contributed by atoms with van der Waals surface area (Å²) < 4.78 is 11.3. The fourth-order valence-electron chi connectivity index (χ4n) is 1.98. The van der Waals surface area contributed by atoms with E-state index in [0.29, 0.717) is 16.9 Å². The monoisotopic (exact) mass is 304 g/mol. The summed E-state index contributed by atoms with van der Waals surface area (Å²) in [5, 5.41) is 10.9. The number of aliphatic hydroxyl groups excluding tert-OH is 1. The number of ether oxygens (including phenoxy) is 2. The maximum atomic E-state index is 10.2. The minimum Gasteiger partial charge on any atom is -0.491 e. The lowest BCUT2D eigenvalue weighted by Gasteiger charge is -2.14. The number of benzene rings is 2. The topological polar surface area (TPSA) is 38.7 Å². The molecule has 0 amide bonds. The number of aliphatic hydroxyl groups is 1. The standard InChI is InChI=1S/C17H17ClO3/c18-13-4-6-14(7-5-13)20-11-17(19)12-2-1-3-16(10-12)21-15-8-9-15/h1-7,10,15,17,19H,8-9,11H2. The number of rotatable bonds is 6. The highest BCUT2D eigenvalue weighted by Crippen LogP contribution is 2.28. The largest absolute Gasteiger partial charge is 0.491 e. The molecule has 3 rings (SSSR count). The molecule has 1 saturated carbocycles. The maximum Gasteiger partial charge on any atom is 0.120 e. The van der Waals surface area contributed by atoms with E-state index in [0.717, 1.165) is 24.2 Å². The van der Waals surface area contributed by atoms with Gasteiger partial charge in [0.15, 0.2) is 0 Å². The van der Waals surface area contributed by atoms with Gasteiger partial charge in [0.1, 0.15) is 24.2 Å². The van der Waals surface area contributed by atoms with Crippen molar-refractivity contribution in [2.45, 2.75) is 25.0 Å². The molecular weight excluding hydrogens is 288 g/mol. The van der Waals surface area contributed by atoms with Crippen LogP contribution in [0.25, 0.3) is 0 Å². The smallest absolute Gasteiger partial charge is 0.120 e. The highest BCUT2D eigenvalue weighted by Gasteiger charge is 2.23. The van der Waals surface area contributed by atoms with Crippen molar-refractivity contribution in [1.29, 1.82) is 0 Å². The first-order chi connectivity index (χ1) is 10.2. The Morgan fingerprint density at radius 3 is 2.57 bits per heavy atom. The lowest BCUT2D eigenvalue weighted by atomic mass is 10.1. The van der Waals surface area contributed by atoms with Gasteiger partial charge in [0, 0.05) is 5.02 Å². The van der Waals surface area contributed by atoms with Crippen LogP contribution >= 0.6 is 11.6 Å². The van der Waals surface area contributed by atoms with Gasteiger partial charge in [-0.15, -0.1) is 0 Å². The first kappa shape index (κ1) is 14.2. The fraction of sp³-hybridized carbons (Fsp3) is 0.294. The zero-order chi connectivity index (χ0) is 14.7. The second kappa shape index (κ2) is 6.37. The number of halogens is 1.